The Labute approximate surface area is 122 Å². The lowest BCUT2D eigenvalue weighted by molar-refractivity contribution is 0.0800. The molecule has 0 fully saturated rings. The highest BCUT2D eigenvalue weighted by atomic mass is 19.1. The maximum Gasteiger partial charge on any atom is 0.134 e. The van der Waals surface area contributed by atoms with Crippen LogP contribution in [0.15, 0.2) is 59.0 Å². The van der Waals surface area contributed by atoms with E-state index in [1.807, 2.05) is 44.2 Å². The molecule has 3 heteroatoms. The fourth-order valence-electron chi connectivity index (χ4n) is 2.53. The average Bonchev–Trinajstić information content (AvgIpc) is 2.90. The number of aliphatic hydroxyl groups excluding tert-OH is 1. The van der Waals surface area contributed by atoms with E-state index < -0.39 is 11.5 Å². The number of fused-ring (bicyclic) bond motifs is 1. The molecule has 0 saturated heterocycles. The molecular formula is C18H17FO2. The summed E-state index contributed by atoms with van der Waals surface area (Å²) in [5.41, 5.74) is 1.03. The molecular weight excluding hydrogens is 267 g/mol. The quantitative estimate of drug-likeness (QED) is 0.763. The van der Waals surface area contributed by atoms with Crippen LogP contribution in [-0.4, -0.2) is 5.11 Å². The van der Waals surface area contributed by atoms with Gasteiger partial charge < -0.3 is 9.52 Å². The smallest absolute Gasteiger partial charge is 0.134 e. The van der Waals surface area contributed by atoms with Crippen molar-refractivity contribution < 1.29 is 13.9 Å². The normalized spacial score (nSPS) is 13.5. The van der Waals surface area contributed by atoms with E-state index in [0.717, 1.165) is 16.5 Å². The SMILES string of the molecule is CC(C)(c1ccc(F)cc1)C(O)c1cc2ccccc2o1. The van der Waals surface area contributed by atoms with Crippen molar-refractivity contribution in [3.8, 4) is 0 Å². The summed E-state index contributed by atoms with van der Waals surface area (Å²) >= 11 is 0. The number of benzene rings is 2. The van der Waals surface area contributed by atoms with Crippen LogP contribution in [0.5, 0.6) is 0 Å². The minimum atomic E-state index is -0.810. The van der Waals surface area contributed by atoms with Gasteiger partial charge in [-0.2, -0.15) is 0 Å². The largest absolute Gasteiger partial charge is 0.458 e. The maximum atomic E-state index is 13.1. The van der Waals surface area contributed by atoms with Crippen LogP contribution in [0.1, 0.15) is 31.3 Å². The third-order valence-electron chi connectivity index (χ3n) is 3.99. The molecule has 0 radical (unpaired) electrons. The van der Waals surface area contributed by atoms with Crippen molar-refractivity contribution in [1.29, 1.82) is 0 Å². The van der Waals surface area contributed by atoms with Crippen molar-refractivity contribution in [2.24, 2.45) is 0 Å². The van der Waals surface area contributed by atoms with E-state index >= 15 is 0 Å². The number of furan rings is 1. The topological polar surface area (TPSA) is 33.4 Å². The van der Waals surface area contributed by atoms with Crippen LogP contribution in [0.3, 0.4) is 0 Å². The molecule has 1 N–H and O–H groups in total. The molecule has 21 heavy (non-hydrogen) atoms. The molecule has 1 aromatic heterocycles. The second kappa shape index (κ2) is 5.01. The zero-order chi connectivity index (χ0) is 15.0. The molecule has 0 amide bonds. The van der Waals surface area contributed by atoms with Gasteiger partial charge in [0, 0.05) is 10.8 Å². The van der Waals surface area contributed by atoms with E-state index in [1.54, 1.807) is 12.1 Å². The van der Waals surface area contributed by atoms with Gasteiger partial charge in [-0.1, -0.05) is 44.2 Å². The molecule has 2 nitrogen and oxygen atoms in total. The molecule has 0 bridgehead atoms. The van der Waals surface area contributed by atoms with Gasteiger partial charge in [0.2, 0.25) is 0 Å². The minimum absolute atomic E-state index is 0.284. The van der Waals surface area contributed by atoms with Gasteiger partial charge in [0.1, 0.15) is 23.3 Å². The summed E-state index contributed by atoms with van der Waals surface area (Å²) in [5.74, 6) is 0.235. The molecule has 1 unspecified atom stereocenters. The Morgan fingerprint density at radius 1 is 1.05 bits per heavy atom. The first kappa shape index (κ1) is 13.8. The Morgan fingerprint density at radius 2 is 1.71 bits per heavy atom. The summed E-state index contributed by atoms with van der Waals surface area (Å²) in [6.07, 6.45) is -0.810. The molecule has 0 aliphatic carbocycles. The van der Waals surface area contributed by atoms with E-state index in [0.29, 0.717) is 5.76 Å². The number of para-hydroxylation sites is 1. The van der Waals surface area contributed by atoms with Gasteiger partial charge in [-0.3, -0.25) is 0 Å². The van der Waals surface area contributed by atoms with Gasteiger partial charge in [0.15, 0.2) is 0 Å². The summed E-state index contributed by atoms with van der Waals surface area (Å²) in [5, 5.41) is 11.6. The lowest BCUT2D eigenvalue weighted by Crippen LogP contribution is -2.26. The maximum absolute atomic E-state index is 13.1. The van der Waals surface area contributed by atoms with Gasteiger partial charge in [-0.15, -0.1) is 0 Å². The number of rotatable bonds is 3. The molecule has 3 rings (SSSR count). The zero-order valence-corrected chi connectivity index (χ0v) is 12.0. The summed E-state index contributed by atoms with van der Waals surface area (Å²) in [7, 11) is 0. The van der Waals surface area contributed by atoms with Crippen LogP contribution >= 0.6 is 0 Å². The van der Waals surface area contributed by atoms with Gasteiger partial charge >= 0.3 is 0 Å². The third kappa shape index (κ3) is 2.45. The van der Waals surface area contributed by atoms with E-state index in [2.05, 4.69) is 0 Å². The minimum Gasteiger partial charge on any atom is -0.458 e. The molecule has 1 atom stereocenters. The molecule has 1 heterocycles. The second-order valence-electron chi connectivity index (χ2n) is 5.82. The van der Waals surface area contributed by atoms with Crippen molar-refractivity contribution >= 4 is 11.0 Å². The molecule has 0 spiro atoms. The Hall–Kier alpha value is -2.13. The Kier molecular flexibility index (Phi) is 3.30. The number of aliphatic hydroxyl groups is 1. The van der Waals surface area contributed by atoms with Crippen molar-refractivity contribution in [3.05, 3.63) is 71.7 Å². The summed E-state index contributed by atoms with van der Waals surface area (Å²) < 4.78 is 18.8. The first-order valence-corrected chi connectivity index (χ1v) is 6.91. The molecule has 0 aliphatic rings. The molecule has 2 aromatic carbocycles. The first-order chi connectivity index (χ1) is 9.98. The highest BCUT2D eigenvalue weighted by Gasteiger charge is 2.33. The van der Waals surface area contributed by atoms with Crippen molar-refractivity contribution in [2.75, 3.05) is 0 Å². The highest BCUT2D eigenvalue weighted by Crippen LogP contribution is 2.38. The van der Waals surface area contributed by atoms with Crippen molar-refractivity contribution in [1.82, 2.24) is 0 Å². The summed E-state index contributed by atoms with van der Waals surface area (Å²) in [4.78, 5) is 0. The summed E-state index contributed by atoms with van der Waals surface area (Å²) in [6, 6.07) is 15.7. The molecule has 3 aromatic rings. The first-order valence-electron chi connectivity index (χ1n) is 6.91. The Bertz CT molecular complexity index is 723. The Morgan fingerprint density at radius 3 is 2.38 bits per heavy atom. The lowest BCUT2D eigenvalue weighted by Gasteiger charge is -2.29. The summed E-state index contributed by atoms with van der Waals surface area (Å²) in [6.45, 7) is 3.83. The third-order valence-corrected chi connectivity index (χ3v) is 3.99. The second-order valence-corrected chi connectivity index (χ2v) is 5.82. The van der Waals surface area contributed by atoms with Gasteiger partial charge in [0.05, 0.1) is 0 Å². The van der Waals surface area contributed by atoms with Gasteiger partial charge in [-0.25, -0.2) is 4.39 Å². The van der Waals surface area contributed by atoms with Crippen molar-refractivity contribution in [2.45, 2.75) is 25.4 Å². The molecule has 108 valence electrons. The van der Waals surface area contributed by atoms with Crippen LogP contribution in [-0.2, 0) is 5.41 Å². The monoisotopic (exact) mass is 284 g/mol. The van der Waals surface area contributed by atoms with E-state index in [1.165, 1.54) is 12.1 Å². The van der Waals surface area contributed by atoms with E-state index in [-0.39, 0.29) is 5.82 Å². The predicted molar refractivity (Wildman–Crippen MR) is 80.6 cm³/mol. The zero-order valence-electron chi connectivity index (χ0n) is 12.0. The average molecular weight is 284 g/mol. The number of hydrogen-bond acceptors (Lipinski definition) is 2. The van der Waals surface area contributed by atoms with Crippen LogP contribution in [0, 0.1) is 5.82 Å². The fourth-order valence-corrected chi connectivity index (χ4v) is 2.53. The van der Waals surface area contributed by atoms with E-state index in [4.69, 9.17) is 4.42 Å². The fraction of sp³-hybridized carbons (Fsp3) is 0.222. The van der Waals surface area contributed by atoms with E-state index in [9.17, 15) is 9.50 Å². The predicted octanol–water partition coefficient (Wildman–Crippen LogP) is 4.58. The highest BCUT2D eigenvalue weighted by molar-refractivity contribution is 5.77. The van der Waals surface area contributed by atoms with Gasteiger partial charge in [-0.05, 0) is 29.8 Å². The van der Waals surface area contributed by atoms with Crippen LogP contribution < -0.4 is 0 Å². The van der Waals surface area contributed by atoms with Crippen LogP contribution in [0.25, 0.3) is 11.0 Å². The number of hydrogen-bond donors (Lipinski definition) is 1. The molecule has 0 aliphatic heterocycles. The number of halogens is 1. The molecule has 0 saturated carbocycles. The lowest BCUT2D eigenvalue weighted by atomic mass is 9.78. The van der Waals surface area contributed by atoms with Crippen LogP contribution in [0.2, 0.25) is 0 Å². The Balaban J connectivity index is 1.99. The standard InChI is InChI=1S/C18H17FO2/c1-18(2,13-7-9-14(19)10-8-13)17(20)16-11-12-5-3-4-6-15(12)21-16/h3-11,17,20H,1-2H3. The van der Waals surface area contributed by atoms with Crippen molar-refractivity contribution in [3.63, 3.8) is 0 Å². The van der Waals surface area contributed by atoms with Gasteiger partial charge in [0.25, 0.3) is 0 Å². The van der Waals surface area contributed by atoms with Crippen LogP contribution in [0.4, 0.5) is 4.39 Å².